The summed E-state index contributed by atoms with van der Waals surface area (Å²) in [5.74, 6) is -0.0147. The number of Topliss-reactive ketones (excluding diaryl/α,β-unsaturated/α-hetero) is 1. The molecule has 0 radical (unpaired) electrons. The van der Waals surface area contributed by atoms with Gasteiger partial charge in [0.1, 0.15) is 0 Å². The molecule has 110 valence electrons. The minimum absolute atomic E-state index is 0.0764. The number of hydrogen-bond donors (Lipinski definition) is 0. The Bertz CT molecular complexity index is 483. The van der Waals surface area contributed by atoms with Gasteiger partial charge in [-0.15, -0.1) is 0 Å². The number of rotatable bonds is 5. The van der Waals surface area contributed by atoms with Gasteiger partial charge in [0, 0.05) is 12.0 Å². The monoisotopic (exact) mass is 276 g/mol. The number of benzene rings is 1. The molecule has 20 heavy (non-hydrogen) atoms. The van der Waals surface area contributed by atoms with Crippen LogP contribution in [-0.4, -0.2) is 18.9 Å². The van der Waals surface area contributed by atoms with E-state index in [9.17, 15) is 9.59 Å². The fourth-order valence-electron chi connectivity index (χ4n) is 2.49. The number of hydrogen-bond acceptors (Lipinski definition) is 3. The Hall–Kier alpha value is -1.64. The van der Waals surface area contributed by atoms with Crippen LogP contribution in [0.4, 0.5) is 0 Å². The van der Waals surface area contributed by atoms with Crippen LogP contribution in [0.5, 0.6) is 0 Å². The summed E-state index contributed by atoms with van der Waals surface area (Å²) in [6.45, 7) is 8.61. The number of ether oxygens (including phenoxy) is 1. The fourth-order valence-corrected chi connectivity index (χ4v) is 2.49. The highest BCUT2D eigenvalue weighted by molar-refractivity contribution is 5.99. The summed E-state index contributed by atoms with van der Waals surface area (Å²) in [5.41, 5.74) is 1.21. The maximum absolute atomic E-state index is 12.3. The average Bonchev–Trinajstić information content (AvgIpc) is 2.35. The molecule has 1 unspecified atom stereocenters. The molecule has 1 rings (SSSR count). The van der Waals surface area contributed by atoms with Crippen LogP contribution in [0.3, 0.4) is 0 Å². The summed E-state index contributed by atoms with van der Waals surface area (Å²) in [5, 5.41) is 0. The molecule has 0 aromatic heterocycles. The first-order chi connectivity index (χ1) is 9.23. The molecule has 0 N–H and O–H groups in total. The molecule has 0 saturated carbocycles. The molecular formula is C17H24O3. The topological polar surface area (TPSA) is 43.4 Å². The number of esters is 1. The van der Waals surface area contributed by atoms with Gasteiger partial charge in [-0.1, -0.05) is 39.8 Å². The smallest absolute Gasteiger partial charge is 0.337 e. The lowest BCUT2D eigenvalue weighted by Gasteiger charge is -2.22. The van der Waals surface area contributed by atoms with E-state index in [1.807, 2.05) is 0 Å². The van der Waals surface area contributed by atoms with Crippen LogP contribution in [0.25, 0.3) is 0 Å². The molecule has 1 atom stereocenters. The lowest BCUT2D eigenvalue weighted by molar-refractivity contribution is 0.0600. The van der Waals surface area contributed by atoms with Crippen LogP contribution in [0.1, 0.15) is 61.3 Å². The van der Waals surface area contributed by atoms with E-state index in [1.165, 1.54) is 7.11 Å². The Morgan fingerprint density at radius 3 is 2.35 bits per heavy atom. The Kier molecular flexibility index (Phi) is 5.49. The van der Waals surface area contributed by atoms with Crippen LogP contribution >= 0.6 is 0 Å². The first-order valence-electron chi connectivity index (χ1n) is 6.94. The third-order valence-corrected chi connectivity index (χ3v) is 3.10. The minimum Gasteiger partial charge on any atom is -0.465 e. The molecule has 0 amide bonds. The summed E-state index contributed by atoms with van der Waals surface area (Å²) in [6.07, 6.45) is 1.50. The van der Waals surface area contributed by atoms with Gasteiger partial charge >= 0.3 is 5.97 Å². The van der Waals surface area contributed by atoms with E-state index in [2.05, 4.69) is 32.4 Å². The summed E-state index contributed by atoms with van der Waals surface area (Å²) in [7, 11) is 1.34. The van der Waals surface area contributed by atoms with Crippen molar-refractivity contribution in [3.63, 3.8) is 0 Å². The van der Waals surface area contributed by atoms with Crippen LogP contribution in [0.15, 0.2) is 24.3 Å². The Balaban J connectivity index is 2.75. The second-order valence-electron chi connectivity index (χ2n) is 6.57. The van der Waals surface area contributed by atoms with Gasteiger partial charge in [0.15, 0.2) is 5.78 Å². The maximum Gasteiger partial charge on any atom is 0.337 e. The molecule has 0 aliphatic rings. The minimum atomic E-state index is -0.414. The highest BCUT2D eigenvalue weighted by atomic mass is 16.5. The third kappa shape index (κ3) is 5.16. The largest absolute Gasteiger partial charge is 0.465 e. The standard InChI is InChI=1S/C17H24O3/c1-12(11-17(2,3)4)9-15(18)13-7-6-8-14(10-13)16(19)20-5/h6-8,10,12H,9,11H2,1-5H3. The number of ketones is 1. The summed E-state index contributed by atoms with van der Waals surface area (Å²) >= 11 is 0. The van der Waals surface area contributed by atoms with Crippen molar-refractivity contribution in [2.24, 2.45) is 11.3 Å². The van der Waals surface area contributed by atoms with Crippen molar-refractivity contribution in [2.75, 3.05) is 7.11 Å². The van der Waals surface area contributed by atoms with Crippen molar-refractivity contribution >= 4 is 11.8 Å². The molecule has 0 saturated heterocycles. The second-order valence-corrected chi connectivity index (χ2v) is 6.57. The van der Waals surface area contributed by atoms with Gasteiger partial charge < -0.3 is 4.74 Å². The molecule has 0 heterocycles. The molecule has 1 aromatic rings. The Morgan fingerprint density at radius 2 is 1.80 bits per heavy atom. The molecule has 0 aliphatic heterocycles. The molecule has 0 aliphatic carbocycles. The van der Waals surface area contributed by atoms with E-state index in [1.54, 1.807) is 24.3 Å². The van der Waals surface area contributed by atoms with Gasteiger partial charge in [0.05, 0.1) is 12.7 Å². The van der Waals surface area contributed by atoms with Gasteiger partial charge in [0.25, 0.3) is 0 Å². The zero-order valence-corrected chi connectivity index (χ0v) is 13.0. The maximum atomic E-state index is 12.3. The number of methoxy groups -OCH3 is 1. The molecule has 3 heteroatoms. The zero-order valence-electron chi connectivity index (χ0n) is 13.0. The molecule has 0 bridgehead atoms. The van der Waals surface area contributed by atoms with Crippen LogP contribution in [-0.2, 0) is 4.74 Å². The molecular weight excluding hydrogens is 252 g/mol. The van der Waals surface area contributed by atoms with E-state index in [-0.39, 0.29) is 11.2 Å². The van der Waals surface area contributed by atoms with Crippen molar-refractivity contribution in [1.29, 1.82) is 0 Å². The highest BCUT2D eigenvalue weighted by Crippen LogP contribution is 2.26. The van der Waals surface area contributed by atoms with E-state index in [0.29, 0.717) is 23.5 Å². The van der Waals surface area contributed by atoms with Gasteiger partial charge in [-0.05, 0) is 29.9 Å². The van der Waals surface area contributed by atoms with Crippen LogP contribution in [0, 0.1) is 11.3 Å². The third-order valence-electron chi connectivity index (χ3n) is 3.10. The quantitative estimate of drug-likeness (QED) is 0.600. The lowest BCUT2D eigenvalue weighted by Crippen LogP contribution is -2.14. The van der Waals surface area contributed by atoms with E-state index in [4.69, 9.17) is 0 Å². The summed E-state index contributed by atoms with van der Waals surface area (Å²) < 4.78 is 4.67. The van der Waals surface area contributed by atoms with E-state index >= 15 is 0 Å². The van der Waals surface area contributed by atoms with Crippen molar-refractivity contribution in [2.45, 2.75) is 40.5 Å². The van der Waals surface area contributed by atoms with Gasteiger partial charge in [-0.25, -0.2) is 4.79 Å². The SMILES string of the molecule is COC(=O)c1cccc(C(=O)CC(C)CC(C)(C)C)c1. The Morgan fingerprint density at radius 1 is 1.20 bits per heavy atom. The van der Waals surface area contributed by atoms with Crippen LogP contribution < -0.4 is 0 Å². The predicted molar refractivity (Wildman–Crippen MR) is 80.0 cm³/mol. The second kappa shape index (κ2) is 6.69. The van der Waals surface area contributed by atoms with Crippen LogP contribution in [0.2, 0.25) is 0 Å². The van der Waals surface area contributed by atoms with Crippen molar-refractivity contribution < 1.29 is 14.3 Å². The first kappa shape index (κ1) is 16.4. The van der Waals surface area contributed by atoms with Gasteiger partial charge in [-0.2, -0.15) is 0 Å². The molecule has 0 spiro atoms. The molecule has 3 nitrogen and oxygen atoms in total. The number of carbonyl (C=O) groups excluding carboxylic acids is 2. The predicted octanol–water partition coefficient (Wildman–Crippen LogP) is 4.12. The summed E-state index contributed by atoms with van der Waals surface area (Å²) in [4.78, 5) is 23.7. The number of carbonyl (C=O) groups is 2. The first-order valence-corrected chi connectivity index (χ1v) is 6.94. The Labute approximate surface area is 121 Å². The zero-order chi connectivity index (χ0) is 15.3. The summed E-state index contributed by atoms with van der Waals surface area (Å²) in [6, 6.07) is 6.73. The normalized spacial score (nSPS) is 12.8. The molecule has 0 fully saturated rings. The van der Waals surface area contributed by atoms with Crippen molar-refractivity contribution in [3.05, 3.63) is 35.4 Å². The van der Waals surface area contributed by atoms with E-state index in [0.717, 1.165) is 6.42 Å². The molecule has 1 aromatic carbocycles. The van der Waals surface area contributed by atoms with Gasteiger partial charge in [0.2, 0.25) is 0 Å². The van der Waals surface area contributed by atoms with Gasteiger partial charge in [-0.3, -0.25) is 4.79 Å². The lowest BCUT2D eigenvalue weighted by atomic mass is 9.83. The van der Waals surface area contributed by atoms with E-state index < -0.39 is 5.97 Å². The van der Waals surface area contributed by atoms with Crippen molar-refractivity contribution in [1.82, 2.24) is 0 Å². The highest BCUT2D eigenvalue weighted by Gasteiger charge is 2.19. The average molecular weight is 276 g/mol. The van der Waals surface area contributed by atoms with Crippen molar-refractivity contribution in [3.8, 4) is 0 Å². The fraction of sp³-hybridized carbons (Fsp3) is 0.529.